The minimum atomic E-state index is -3.60. The number of hydrogen-bond donors (Lipinski definition) is 2. The van der Waals surface area contributed by atoms with Crippen molar-refractivity contribution in [3.05, 3.63) is 29.8 Å². The van der Waals surface area contributed by atoms with E-state index in [1.54, 1.807) is 30.0 Å². The summed E-state index contributed by atoms with van der Waals surface area (Å²) in [5.41, 5.74) is 0.397. The number of thioether (sulfide) groups is 1. The van der Waals surface area contributed by atoms with Gasteiger partial charge in [0.15, 0.2) is 0 Å². The van der Waals surface area contributed by atoms with Crippen LogP contribution in [0.4, 0.5) is 0 Å². The van der Waals surface area contributed by atoms with Gasteiger partial charge in [-0.15, -0.1) is 0 Å². The molecule has 0 bridgehead atoms. The highest BCUT2D eigenvalue weighted by Gasteiger charge is 2.19. The van der Waals surface area contributed by atoms with Crippen molar-refractivity contribution in [2.75, 3.05) is 18.1 Å². The fourth-order valence-corrected chi connectivity index (χ4v) is 3.98. The van der Waals surface area contributed by atoms with Crippen LogP contribution in [0.5, 0.6) is 0 Å². The van der Waals surface area contributed by atoms with Crippen LogP contribution in [-0.2, 0) is 10.0 Å². The Labute approximate surface area is 131 Å². The lowest BCUT2D eigenvalue weighted by molar-refractivity contribution is 0.350. The summed E-state index contributed by atoms with van der Waals surface area (Å²) in [4.78, 5) is 0.154. The summed E-state index contributed by atoms with van der Waals surface area (Å²) < 4.78 is 27.5. The Balaban J connectivity index is 2.88. The van der Waals surface area contributed by atoms with Gasteiger partial charge >= 0.3 is 0 Å². The number of nitrogens with one attached hydrogen (secondary N) is 1. The maximum Gasteiger partial charge on any atom is 0.242 e. The third-order valence-electron chi connectivity index (χ3n) is 2.73. The van der Waals surface area contributed by atoms with E-state index in [0.29, 0.717) is 5.56 Å². The van der Waals surface area contributed by atoms with Crippen molar-refractivity contribution in [3.63, 3.8) is 0 Å². The third kappa shape index (κ3) is 6.10. The predicted octanol–water partition coefficient (Wildman–Crippen LogP) is 1.84. The monoisotopic (exact) mass is 327 g/mol. The molecule has 4 nitrogen and oxygen atoms in total. The molecule has 0 saturated carbocycles. The lowest BCUT2D eigenvalue weighted by atomic mass is 10.2. The van der Waals surface area contributed by atoms with Crippen LogP contribution >= 0.6 is 11.8 Å². The van der Waals surface area contributed by atoms with Gasteiger partial charge in [0.1, 0.15) is 6.61 Å². The molecule has 1 aromatic rings. The van der Waals surface area contributed by atoms with Crippen molar-refractivity contribution < 1.29 is 13.5 Å². The number of aliphatic hydroxyl groups is 1. The van der Waals surface area contributed by atoms with Crippen LogP contribution in [0.15, 0.2) is 29.2 Å². The standard InChI is InChI=1S/C15H21NO3S2/c1-3-20-12-10-13(2)16-21(18,19)15-9-5-4-7-14(15)8-6-11-17/h4-5,7,9,13,16-17H,3,10-12H2,1-2H3. The van der Waals surface area contributed by atoms with Crippen LogP contribution in [0, 0.1) is 11.8 Å². The Bertz CT molecular complexity index is 603. The Morgan fingerprint density at radius 2 is 2.10 bits per heavy atom. The van der Waals surface area contributed by atoms with Gasteiger partial charge in [0.25, 0.3) is 0 Å². The normalized spacial score (nSPS) is 12.5. The average molecular weight is 327 g/mol. The van der Waals surface area contributed by atoms with Crippen molar-refractivity contribution in [1.29, 1.82) is 0 Å². The molecule has 0 amide bonds. The van der Waals surface area contributed by atoms with Crippen LogP contribution in [0.25, 0.3) is 0 Å². The lowest BCUT2D eigenvalue weighted by Crippen LogP contribution is -2.33. The highest BCUT2D eigenvalue weighted by molar-refractivity contribution is 7.99. The summed E-state index contributed by atoms with van der Waals surface area (Å²) >= 11 is 1.79. The molecule has 6 heteroatoms. The number of aliphatic hydroxyl groups excluding tert-OH is 1. The smallest absolute Gasteiger partial charge is 0.242 e. The molecule has 0 aromatic heterocycles. The minimum Gasteiger partial charge on any atom is -0.384 e. The topological polar surface area (TPSA) is 66.4 Å². The van der Waals surface area contributed by atoms with E-state index in [-0.39, 0.29) is 17.5 Å². The predicted molar refractivity (Wildman–Crippen MR) is 87.8 cm³/mol. The van der Waals surface area contributed by atoms with Gasteiger partial charge in [0.2, 0.25) is 10.0 Å². The first kappa shape index (κ1) is 18.1. The van der Waals surface area contributed by atoms with Crippen LogP contribution in [0.2, 0.25) is 0 Å². The second-order valence-electron chi connectivity index (χ2n) is 4.46. The summed E-state index contributed by atoms with van der Waals surface area (Å²) in [5.74, 6) is 7.10. The minimum absolute atomic E-state index is 0.132. The summed E-state index contributed by atoms with van der Waals surface area (Å²) in [5, 5.41) is 8.75. The van der Waals surface area contributed by atoms with Gasteiger partial charge < -0.3 is 5.11 Å². The molecule has 0 radical (unpaired) electrons. The van der Waals surface area contributed by atoms with E-state index in [9.17, 15) is 8.42 Å². The highest BCUT2D eigenvalue weighted by atomic mass is 32.2. The molecule has 21 heavy (non-hydrogen) atoms. The molecule has 0 saturated heterocycles. The Morgan fingerprint density at radius 3 is 2.76 bits per heavy atom. The molecule has 0 aliphatic carbocycles. The van der Waals surface area contributed by atoms with E-state index < -0.39 is 10.0 Å². The zero-order chi connectivity index (χ0) is 15.7. The van der Waals surface area contributed by atoms with Crippen LogP contribution in [0.3, 0.4) is 0 Å². The average Bonchev–Trinajstić information content (AvgIpc) is 2.45. The molecule has 1 atom stereocenters. The maximum atomic E-state index is 12.4. The van der Waals surface area contributed by atoms with Crippen molar-refractivity contribution >= 4 is 21.8 Å². The molecule has 0 aliphatic heterocycles. The van der Waals surface area contributed by atoms with Crippen molar-refractivity contribution in [3.8, 4) is 11.8 Å². The van der Waals surface area contributed by atoms with Crippen LogP contribution in [-0.4, -0.2) is 37.7 Å². The van der Waals surface area contributed by atoms with Gasteiger partial charge in [-0.3, -0.25) is 0 Å². The molecule has 1 unspecified atom stereocenters. The van der Waals surface area contributed by atoms with Gasteiger partial charge in [-0.2, -0.15) is 11.8 Å². The first-order chi connectivity index (χ1) is 10.0. The van der Waals surface area contributed by atoms with E-state index >= 15 is 0 Å². The quantitative estimate of drug-likeness (QED) is 0.592. The van der Waals surface area contributed by atoms with E-state index in [2.05, 4.69) is 23.5 Å². The molecular weight excluding hydrogens is 306 g/mol. The Morgan fingerprint density at radius 1 is 1.38 bits per heavy atom. The first-order valence-electron chi connectivity index (χ1n) is 6.80. The first-order valence-corrected chi connectivity index (χ1v) is 9.44. The molecule has 2 N–H and O–H groups in total. The third-order valence-corrected chi connectivity index (χ3v) is 5.31. The number of benzene rings is 1. The SMILES string of the molecule is CCSCCC(C)NS(=O)(=O)c1ccccc1C#CCO. The lowest BCUT2D eigenvalue weighted by Gasteiger charge is -2.14. The number of hydrogen-bond acceptors (Lipinski definition) is 4. The van der Waals surface area contributed by atoms with Gasteiger partial charge in [-0.05, 0) is 37.0 Å². The van der Waals surface area contributed by atoms with Gasteiger partial charge in [0, 0.05) is 11.6 Å². The summed E-state index contributed by atoms with van der Waals surface area (Å²) in [6.45, 7) is 3.64. The fraction of sp³-hybridized carbons (Fsp3) is 0.467. The maximum absolute atomic E-state index is 12.4. The molecule has 1 rings (SSSR count). The number of rotatable bonds is 7. The van der Waals surface area contributed by atoms with E-state index in [4.69, 9.17) is 5.11 Å². The summed E-state index contributed by atoms with van der Waals surface area (Å²) in [6.07, 6.45) is 0.780. The summed E-state index contributed by atoms with van der Waals surface area (Å²) in [6, 6.07) is 6.41. The van der Waals surface area contributed by atoms with Gasteiger partial charge in [-0.25, -0.2) is 13.1 Å². The second kappa shape index (κ2) is 9.11. The number of sulfonamides is 1. The summed E-state index contributed by atoms with van der Waals surface area (Å²) in [7, 11) is -3.60. The van der Waals surface area contributed by atoms with Crippen molar-refractivity contribution in [1.82, 2.24) is 4.72 Å². The van der Waals surface area contributed by atoms with Crippen molar-refractivity contribution in [2.45, 2.75) is 31.2 Å². The second-order valence-corrected chi connectivity index (χ2v) is 7.54. The molecule has 116 valence electrons. The Hall–Kier alpha value is -1.00. The largest absolute Gasteiger partial charge is 0.384 e. The molecule has 0 aliphatic rings. The van der Waals surface area contributed by atoms with E-state index in [1.807, 2.05) is 6.92 Å². The molecule has 1 aromatic carbocycles. The Kier molecular flexibility index (Phi) is 7.83. The van der Waals surface area contributed by atoms with Gasteiger partial charge in [0.05, 0.1) is 4.90 Å². The fourth-order valence-electron chi connectivity index (χ4n) is 1.73. The zero-order valence-corrected chi connectivity index (χ0v) is 13.9. The molecule has 0 fully saturated rings. The zero-order valence-electron chi connectivity index (χ0n) is 12.3. The molecule has 0 spiro atoms. The van der Waals surface area contributed by atoms with E-state index in [1.165, 1.54) is 6.07 Å². The highest BCUT2D eigenvalue weighted by Crippen LogP contribution is 2.15. The molecule has 0 heterocycles. The van der Waals surface area contributed by atoms with E-state index in [0.717, 1.165) is 17.9 Å². The van der Waals surface area contributed by atoms with Crippen molar-refractivity contribution in [2.24, 2.45) is 0 Å². The van der Waals surface area contributed by atoms with Crippen LogP contribution < -0.4 is 4.72 Å². The van der Waals surface area contributed by atoms with Gasteiger partial charge in [-0.1, -0.05) is 30.9 Å². The molecular formula is C15H21NO3S2. The van der Waals surface area contributed by atoms with Crippen LogP contribution in [0.1, 0.15) is 25.8 Å².